The van der Waals surface area contributed by atoms with Crippen LogP contribution in [0.15, 0.2) is 6.07 Å². The molecule has 1 N–H and O–H groups in total. The molecule has 1 aliphatic heterocycles. The average molecular weight is 224 g/mol. The molecule has 0 bridgehead atoms. The van der Waals surface area contributed by atoms with Crippen molar-refractivity contribution in [1.29, 1.82) is 0 Å². The number of nitrogens with one attached hydrogen (secondary N) is 1. The Balaban J connectivity index is 1.99. The van der Waals surface area contributed by atoms with Crippen molar-refractivity contribution in [2.75, 3.05) is 19.6 Å². The number of thiophene rings is 1. The van der Waals surface area contributed by atoms with E-state index in [1.54, 1.807) is 0 Å². The van der Waals surface area contributed by atoms with Gasteiger partial charge in [-0.1, -0.05) is 0 Å². The van der Waals surface area contributed by atoms with Gasteiger partial charge in [0.2, 0.25) is 0 Å². The third kappa shape index (κ3) is 2.80. The van der Waals surface area contributed by atoms with Crippen molar-refractivity contribution in [1.82, 2.24) is 10.2 Å². The Kier molecular flexibility index (Phi) is 3.44. The van der Waals surface area contributed by atoms with Gasteiger partial charge >= 0.3 is 0 Å². The maximum Gasteiger partial charge on any atom is 0.0245 e. The average Bonchev–Trinajstić information content (AvgIpc) is 2.45. The minimum absolute atomic E-state index is 0.638. The summed E-state index contributed by atoms with van der Waals surface area (Å²) in [5, 5.41) is 3.48. The first-order valence-electron chi connectivity index (χ1n) is 5.67. The number of piperazine rings is 1. The van der Waals surface area contributed by atoms with Crippen LogP contribution < -0.4 is 5.32 Å². The highest BCUT2D eigenvalue weighted by atomic mass is 32.1. The maximum atomic E-state index is 3.48. The molecule has 2 rings (SSSR count). The zero-order valence-electron chi connectivity index (χ0n) is 9.84. The zero-order valence-corrected chi connectivity index (χ0v) is 10.7. The van der Waals surface area contributed by atoms with E-state index < -0.39 is 0 Å². The molecule has 1 aromatic heterocycles. The number of nitrogens with zero attached hydrogens (tertiary/aromatic N) is 1. The highest BCUT2D eigenvalue weighted by Gasteiger charge is 2.16. The van der Waals surface area contributed by atoms with Crippen molar-refractivity contribution in [3.63, 3.8) is 0 Å². The van der Waals surface area contributed by atoms with Gasteiger partial charge in [-0.15, -0.1) is 11.3 Å². The van der Waals surface area contributed by atoms with E-state index in [2.05, 4.69) is 37.1 Å². The van der Waals surface area contributed by atoms with Gasteiger partial charge in [0.15, 0.2) is 0 Å². The molecule has 1 atom stereocenters. The van der Waals surface area contributed by atoms with Crippen LogP contribution in [0.3, 0.4) is 0 Å². The fraction of sp³-hybridized carbons (Fsp3) is 0.667. The predicted molar refractivity (Wildman–Crippen MR) is 66.5 cm³/mol. The molecule has 1 fully saturated rings. The van der Waals surface area contributed by atoms with E-state index in [9.17, 15) is 0 Å². The van der Waals surface area contributed by atoms with Crippen molar-refractivity contribution in [3.8, 4) is 0 Å². The van der Waals surface area contributed by atoms with Gasteiger partial charge in [0.1, 0.15) is 0 Å². The minimum atomic E-state index is 0.638. The Hall–Kier alpha value is -0.380. The molecular formula is C12H20N2S. The Morgan fingerprint density at radius 2 is 2.33 bits per heavy atom. The molecule has 1 aromatic rings. The van der Waals surface area contributed by atoms with Crippen LogP contribution in [-0.4, -0.2) is 30.6 Å². The number of rotatable bonds is 2. The second-order valence-corrected chi connectivity index (χ2v) is 5.99. The van der Waals surface area contributed by atoms with E-state index in [-0.39, 0.29) is 0 Å². The quantitative estimate of drug-likeness (QED) is 0.828. The standard InChI is InChI=1S/C12H20N2S/c1-9-7-14(5-4-13-9)8-12-6-10(2)15-11(12)3/h6,9,13H,4-5,7-8H2,1-3H3/t9-/m0/s1. The molecule has 3 heteroatoms. The normalized spacial score (nSPS) is 23.3. The van der Waals surface area contributed by atoms with Gasteiger partial charge in [0.05, 0.1) is 0 Å². The van der Waals surface area contributed by atoms with Gasteiger partial charge in [-0.05, 0) is 32.4 Å². The summed E-state index contributed by atoms with van der Waals surface area (Å²) in [5.41, 5.74) is 1.52. The minimum Gasteiger partial charge on any atom is -0.312 e. The van der Waals surface area contributed by atoms with Gasteiger partial charge in [-0.3, -0.25) is 4.90 Å². The predicted octanol–water partition coefficient (Wildman–Crippen LogP) is 2.16. The van der Waals surface area contributed by atoms with E-state index in [0.29, 0.717) is 6.04 Å². The Bertz CT molecular complexity index is 332. The molecule has 84 valence electrons. The summed E-state index contributed by atoms with van der Waals surface area (Å²) in [6.45, 7) is 11.3. The zero-order chi connectivity index (χ0) is 10.8. The number of aryl methyl sites for hydroxylation is 2. The third-order valence-electron chi connectivity index (χ3n) is 2.99. The van der Waals surface area contributed by atoms with Crippen LogP contribution in [0.2, 0.25) is 0 Å². The van der Waals surface area contributed by atoms with Gasteiger partial charge in [-0.25, -0.2) is 0 Å². The van der Waals surface area contributed by atoms with E-state index in [1.807, 2.05) is 11.3 Å². The summed E-state index contributed by atoms with van der Waals surface area (Å²) in [5.74, 6) is 0. The lowest BCUT2D eigenvalue weighted by atomic mass is 10.2. The molecule has 1 aliphatic rings. The molecule has 0 aliphatic carbocycles. The van der Waals surface area contributed by atoms with Crippen molar-refractivity contribution in [2.24, 2.45) is 0 Å². The van der Waals surface area contributed by atoms with Crippen LogP contribution in [0.4, 0.5) is 0 Å². The van der Waals surface area contributed by atoms with Crippen molar-refractivity contribution in [3.05, 3.63) is 21.4 Å². The topological polar surface area (TPSA) is 15.3 Å². The first-order chi connectivity index (χ1) is 7.15. The SMILES string of the molecule is Cc1cc(CN2CCN[C@@H](C)C2)c(C)s1. The highest BCUT2D eigenvalue weighted by Crippen LogP contribution is 2.22. The monoisotopic (exact) mass is 224 g/mol. The molecular weight excluding hydrogens is 204 g/mol. The lowest BCUT2D eigenvalue weighted by Gasteiger charge is -2.31. The summed E-state index contributed by atoms with van der Waals surface area (Å²) in [4.78, 5) is 5.47. The van der Waals surface area contributed by atoms with Crippen molar-refractivity contribution in [2.45, 2.75) is 33.4 Å². The maximum absolute atomic E-state index is 3.48. The molecule has 0 saturated carbocycles. The smallest absolute Gasteiger partial charge is 0.0245 e. The molecule has 1 saturated heterocycles. The molecule has 0 aromatic carbocycles. The fourth-order valence-corrected chi connectivity index (χ4v) is 3.18. The highest BCUT2D eigenvalue weighted by molar-refractivity contribution is 7.12. The van der Waals surface area contributed by atoms with Crippen molar-refractivity contribution < 1.29 is 0 Å². The van der Waals surface area contributed by atoms with E-state index in [4.69, 9.17) is 0 Å². The first kappa shape index (κ1) is 11.1. The Labute approximate surface area is 96.3 Å². The fourth-order valence-electron chi connectivity index (χ4n) is 2.24. The second-order valence-electron chi connectivity index (χ2n) is 4.53. The Morgan fingerprint density at radius 1 is 1.53 bits per heavy atom. The molecule has 0 unspecified atom stereocenters. The van der Waals surface area contributed by atoms with Crippen LogP contribution in [0, 0.1) is 13.8 Å². The van der Waals surface area contributed by atoms with Crippen LogP contribution >= 0.6 is 11.3 Å². The van der Waals surface area contributed by atoms with E-state index in [1.165, 1.54) is 28.4 Å². The van der Waals surface area contributed by atoms with Crippen LogP contribution in [0.5, 0.6) is 0 Å². The van der Waals surface area contributed by atoms with Gasteiger partial charge < -0.3 is 5.32 Å². The van der Waals surface area contributed by atoms with Gasteiger partial charge in [0, 0.05) is 42.0 Å². The van der Waals surface area contributed by atoms with E-state index >= 15 is 0 Å². The Morgan fingerprint density at radius 3 is 2.93 bits per heavy atom. The third-order valence-corrected chi connectivity index (χ3v) is 4.00. The summed E-state index contributed by atoms with van der Waals surface area (Å²) in [6.07, 6.45) is 0. The van der Waals surface area contributed by atoms with Gasteiger partial charge in [0.25, 0.3) is 0 Å². The number of hydrogen-bond donors (Lipinski definition) is 1. The van der Waals surface area contributed by atoms with E-state index in [0.717, 1.165) is 13.1 Å². The first-order valence-corrected chi connectivity index (χ1v) is 6.48. The van der Waals surface area contributed by atoms with Crippen LogP contribution in [0.25, 0.3) is 0 Å². The largest absolute Gasteiger partial charge is 0.312 e. The summed E-state index contributed by atoms with van der Waals surface area (Å²) >= 11 is 1.92. The summed E-state index contributed by atoms with van der Waals surface area (Å²) in [6, 6.07) is 2.98. The van der Waals surface area contributed by atoms with Crippen molar-refractivity contribution >= 4 is 11.3 Å². The molecule has 0 spiro atoms. The van der Waals surface area contributed by atoms with Gasteiger partial charge in [-0.2, -0.15) is 0 Å². The lowest BCUT2D eigenvalue weighted by Crippen LogP contribution is -2.48. The molecule has 0 radical (unpaired) electrons. The molecule has 0 amide bonds. The molecule has 2 heterocycles. The second kappa shape index (κ2) is 4.64. The summed E-state index contributed by atoms with van der Waals surface area (Å²) in [7, 11) is 0. The van der Waals surface area contributed by atoms with Crippen LogP contribution in [0.1, 0.15) is 22.2 Å². The summed E-state index contributed by atoms with van der Waals surface area (Å²) < 4.78 is 0. The number of hydrogen-bond acceptors (Lipinski definition) is 3. The molecule has 2 nitrogen and oxygen atoms in total. The lowest BCUT2D eigenvalue weighted by molar-refractivity contribution is 0.199. The molecule has 15 heavy (non-hydrogen) atoms. The van der Waals surface area contributed by atoms with Crippen LogP contribution in [-0.2, 0) is 6.54 Å².